The van der Waals surface area contributed by atoms with Crippen molar-refractivity contribution in [2.24, 2.45) is 17.8 Å². The van der Waals surface area contributed by atoms with Gasteiger partial charge in [0.1, 0.15) is 4.87 Å². The first-order valence-electron chi connectivity index (χ1n) is 4.61. The molecule has 0 aromatic heterocycles. The maximum absolute atomic E-state index is 12.0. The number of fused-ring (bicyclic) bond motifs is 5. The van der Waals surface area contributed by atoms with Gasteiger partial charge in [0, 0.05) is 21.9 Å². The van der Waals surface area contributed by atoms with Gasteiger partial charge >= 0.3 is 0 Å². The smallest absolute Gasteiger partial charge is 0.180 e. The van der Waals surface area contributed by atoms with Gasteiger partial charge in [-0.1, -0.05) is 40.9 Å². The molecule has 2 bridgehead atoms. The molecule has 16 heavy (non-hydrogen) atoms. The van der Waals surface area contributed by atoms with Gasteiger partial charge in [-0.2, -0.15) is 0 Å². The van der Waals surface area contributed by atoms with E-state index in [9.17, 15) is 9.59 Å². The third kappa shape index (κ3) is 0.943. The Bertz CT molecular complexity index is 507. The van der Waals surface area contributed by atoms with Crippen molar-refractivity contribution in [3.63, 3.8) is 0 Å². The lowest BCUT2D eigenvalue weighted by Gasteiger charge is -2.26. The van der Waals surface area contributed by atoms with E-state index >= 15 is 0 Å². The zero-order valence-corrected chi connectivity index (χ0v) is 10.7. The molecule has 0 spiro atoms. The standard InChI is InChI=1S/C10H4Cl4O2/c11-3-1-2-4-5(10(3,14)9(2)16)6(12)7(13)8(4)15/h1-2,4-5H/t2-,4-,5-,10+/m1/s1. The number of rotatable bonds is 0. The summed E-state index contributed by atoms with van der Waals surface area (Å²) in [6, 6.07) is 0. The molecule has 0 amide bonds. The summed E-state index contributed by atoms with van der Waals surface area (Å²) in [7, 11) is 0. The quantitative estimate of drug-likeness (QED) is 0.644. The van der Waals surface area contributed by atoms with Crippen molar-refractivity contribution in [2.75, 3.05) is 0 Å². The summed E-state index contributed by atoms with van der Waals surface area (Å²) in [4.78, 5) is 22.4. The van der Waals surface area contributed by atoms with Crippen molar-refractivity contribution in [3.8, 4) is 0 Å². The van der Waals surface area contributed by atoms with Gasteiger partial charge in [-0.25, -0.2) is 0 Å². The van der Waals surface area contributed by atoms with Crippen molar-refractivity contribution in [1.29, 1.82) is 0 Å². The normalized spacial score (nSPS) is 45.5. The molecule has 1 saturated carbocycles. The van der Waals surface area contributed by atoms with E-state index in [1.807, 2.05) is 0 Å². The second kappa shape index (κ2) is 3.05. The molecule has 2 nitrogen and oxygen atoms in total. The Kier molecular flexibility index (Phi) is 2.11. The number of hydrogen-bond acceptors (Lipinski definition) is 2. The molecule has 0 N–H and O–H groups in total. The average molecular weight is 298 g/mol. The van der Waals surface area contributed by atoms with Gasteiger partial charge in [0.05, 0.1) is 11.0 Å². The number of halogens is 4. The van der Waals surface area contributed by atoms with Crippen LogP contribution in [0.15, 0.2) is 21.2 Å². The van der Waals surface area contributed by atoms with Gasteiger partial charge in [-0.3, -0.25) is 9.59 Å². The Balaban J connectivity index is 2.24. The first kappa shape index (κ1) is 11.1. The van der Waals surface area contributed by atoms with Crippen LogP contribution in [-0.2, 0) is 9.59 Å². The summed E-state index contributed by atoms with van der Waals surface area (Å²) in [5.41, 5.74) is 0. The van der Waals surface area contributed by atoms with Crippen molar-refractivity contribution >= 4 is 58.0 Å². The van der Waals surface area contributed by atoms with Crippen LogP contribution in [0.4, 0.5) is 0 Å². The van der Waals surface area contributed by atoms with Gasteiger partial charge in [-0.15, -0.1) is 11.6 Å². The topological polar surface area (TPSA) is 34.1 Å². The summed E-state index contributed by atoms with van der Waals surface area (Å²) in [6.45, 7) is 0. The van der Waals surface area contributed by atoms with Gasteiger partial charge < -0.3 is 0 Å². The molecule has 0 unspecified atom stereocenters. The van der Waals surface area contributed by atoms with Crippen LogP contribution < -0.4 is 0 Å². The Morgan fingerprint density at radius 2 is 1.81 bits per heavy atom. The highest BCUT2D eigenvalue weighted by atomic mass is 35.5. The highest BCUT2D eigenvalue weighted by Gasteiger charge is 2.70. The Labute approximate surface area is 111 Å². The third-order valence-electron chi connectivity index (χ3n) is 3.51. The van der Waals surface area contributed by atoms with E-state index in [-0.39, 0.29) is 26.7 Å². The van der Waals surface area contributed by atoms with Crippen molar-refractivity contribution in [2.45, 2.75) is 4.87 Å². The van der Waals surface area contributed by atoms with Crippen LogP contribution in [0.5, 0.6) is 0 Å². The van der Waals surface area contributed by atoms with Gasteiger partial charge in [0.15, 0.2) is 11.6 Å². The first-order valence-corrected chi connectivity index (χ1v) is 6.12. The van der Waals surface area contributed by atoms with Crippen LogP contribution in [-0.4, -0.2) is 16.4 Å². The van der Waals surface area contributed by atoms with Crippen molar-refractivity contribution in [1.82, 2.24) is 0 Å². The van der Waals surface area contributed by atoms with Crippen LogP contribution in [0, 0.1) is 17.8 Å². The molecule has 0 aromatic carbocycles. The summed E-state index contributed by atoms with van der Waals surface area (Å²) < 4.78 is 0. The molecule has 1 fully saturated rings. The minimum atomic E-state index is -1.37. The zero-order chi connectivity index (χ0) is 11.8. The fourth-order valence-electron chi connectivity index (χ4n) is 2.79. The molecular formula is C10H4Cl4O2. The molecule has 84 valence electrons. The Hall–Kier alpha value is -0.0200. The zero-order valence-electron chi connectivity index (χ0n) is 7.64. The molecule has 0 aromatic rings. The largest absolute Gasteiger partial charge is 0.297 e. The highest BCUT2D eigenvalue weighted by molar-refractivity contribution is 6.55. The Morgan fingerprint density at radius 3 is 2.44 bits per heavy atom. The van der Waals surface area contributed by atoms with E-state index in [1.165, 1.54) is 6.08 Å². The number of alkyl halides is 1. The summed E-state index contributed by atoms with van der Waals surface area (Å²) in [5, 5.41) is 0.399. The van der Waals surface area contributed by atoms with Crippen LogP contribution >= 0.6 is 46.4 Å². The van der Waals surface area contributed by atoms with Gasteiger partial charge in [0.25, 0.3) is 0 Å². The van der Waals surface area contributed by atoms with Gasteiger partial charge in [0.2, 0.25) is 0 Å². The van der Waals surface area contributed by atoms with Gasteiger partial charge in [-0.05, 0) is 0 Å². The van der Waals surface area contributed by atoms with E-state index in [0.29, 0.717) is 0 Å². The molecule has 0 heterocycles. The van der Waals surface area contributed by atoms with E-state index in [2.05, 4.69) is 0 Å². The maximum atomic E-state index is 12.0. The van der Waals surface area contributed by atoms with Crippen LogP contribution in [0.3, 0.4) is 0 Å². The fraction of sp³-hybridized carbons (Fsp3) is 0.400. The molecule has 0 aliphatic heterocycles. The van der Waals surface area contributed by atoms with E-state index in [1.54, 1.807) is 0 Å². The lowest BCUT2D eigenvalue weighted by molar-refractivity contribution is -0.124. The number of allylic oxidation sites excluding steroid dienone is 4. The summed E-state index contributed by atoms with van der Waals surface area (Å²) in [5.74, 6) is -2.28. The van der Waals surface area contributed by atoms with Crippen molar-refractivity contribution in [3.05, 3.63) is 21.2 Å². The number of carbonyl (C=O) groups is 2. The van der Waals surface area contributed by atoms with E-state index in [4.69, 9.17) is 46.4 Å². The predicted molar refractivity (Wildman–Crippen MR) is 61.7 cm³/mol. The minimum Gasteiger partial charge on any atom is -0.297 e. The van der Waals surface area contributed by atoms with Crippen LogP contribution in [0.1, 0.15) is 0 Å². The maximum Gasteiger partial charge on any atom is 0.180 e. The molecule has 3 aliphatic carbocycles. The fourth-order valence-corrected chi connectivity index (χ4v) is 4.26. The van der Waals surface area contributed by atoms with Crippen LogP contribution in [0.25, 0.3) is 0 Å². The number of ketones is 2. The number of Topliss-reactive ketones (excluding diaryl/α,β-unsaturated/α-hetero) is 2. The number of carbonyl (C=O) groups excluding carboxylic acids is 2. The second-order valence-corrected chi connectivity index (χ2v) is 5.93. The third-order valence-corrected chi connectivity index (χ3v) is 5.57. The molecule has 0 radical (unpaired) electrons. The molecule has 3 rings (SSSR count). The molecule has 0 saturated heterocycles. The van der Waals surface area contributed by atoms with E-state index < -0.39 is 22.6 Å². The van der Waals surface area contributed by atoms with E-state index in [0.717, 1.165) is 0 Å². The Morgan fingerprint density at radius 1 is 1.19 bits per heavy atom. The molecule has 3 aliphatic rings. The lowest BCUT2D eigenvalue weighted by atomic mass is 9.84. The van der Waals surface area contributed by atoms with Crippen LogP contribution in [0.2, 0.25) is 0 Å². The minimum absolute atomic E-state index is 0.0149. The summed E-state index contributed by atoms with van der Waals surface area (Å²) >= 11 is 24.0. The average Bonchev–Trinajstić information content (AvgIpc) is 2.69. The molecular weight excluding hydrogens is 294 g/mol. The monoisotopic (exact) mass is 296 g/mol. The predicted octanol–water partition coefficient (Wildman–Crippen LogP) is 2.80. The highest BCUT2D eigenvalue weighted by Crippen LogP contribution is 2.63. The number of hydrogen-bond donors (Lipinski definition) is 0. The van der Waals surface area contributed by atoms with Crippen molar-refractivity contribution < 1.29 is 9.59 Å². The summed E-state index contributed by atoms with van der Waals surface area (Å²) in [6.07, 6.45) is 1.54. The molecule has 6 heteroatoms. The SMILES string of the molecule is O=C1C(Cl)=C(Cl)[C@H]2[C@H]1[C@H]1C=C(Cl)[C@@]2(Cl)C1=O. The lowest BCUT2D eigenvalue weighted by Crippen LogP contribution is -2.34. The molecule has 4 atom stereocenters. The second-order valence-electron chi connectivity index (χ2n) is 4.15. The first-order chi connectivity index (χ1) is 7.40.